The number of fused-ring (bicyclic) bond motifs is 1. The summed E-state index contributed by atoms with van der Waals surface area (Å²) in [5.74, 6) is -0.164. The molecule has 1 aliphatic carbocycles. The lowest BCUT2D eigenvalue weighted by molar-refractivity contribution is -0.114. The number of rotatable bonds is 1. The summed E-state index contributed by atoms with van der Waals surface area (Å²) in [4.78, 5) is 11.1. The summed E-state index contributed by atoms with van der Waals surface area (Å²) in [6.45, 7) is 1.44. The SMILES string of the molecule is CC(=O)Nc1sc(=S)c2c(c1C#N)CCCC2. The molecule has 0 fully saturated rings. The van der Waals surface area contributed by atoms with Crippen molar-refractivity contribution >= 4 is 34.5 Å². The molecule has 5 heteroatoms. The van der Waals surface area contributed by atoms with Gasteiger partial charge in [0.2, 0.25) is 5.91 Å². The first-order valence-corrected chi connectivity index (χ1v) is 6.72. The summed E-state index contributed by atoms with van der Waals surface area (Å²) >= 11 is 6.68. The van der Waals surface area contributed by atoms with Gasteiger partial charge in [0, 0.05) is 6.92 Å². The maximum Gasteiger partial charge on any atom is 0.221 e. The molecule has 1 heterocycles. The Labute approximate surface area is 109 Å². The third-order valence-electron chi connectivity index (χ3n) is 2.84. The van der Waals surface area contributed by atoms with Crippen LogP contribution in [-0.4, -0.2) is 5.91 Å². The Morgan fingerprint density at radius 3 is 2.65 bits per heavy atom. The number of hydrogen-bond donors (Lipinski definition) is 1. The molecular formula is C12H12N2OS2. The maximum atomic E-state index is 11.1. The highest BCUT2D eigenvalue weighted by molar-refractivity contribution is 7.73. The fourth-order valence-electron chi connectivity index (χ4n) is 2.12. The van der Waals surface area contributed by atoms with E-state index in [-0.39, 0.29) is 5.91 Å². The van der Waals surface area contributed by atoms with E-state index in [1.807, 2.05) is 0 Å². The van der Waals surface area contributed by atoms with Crippen molar-refractivity contribution in [2.75, 3.05) is 5.32 Å². The molecule has 88 valence electrons. The molecule has 1 aromatic rings. The molecule has 17 heavy (non-hydrogen) atoms. The molecule has 0 aliphatic heterocycles. The number of nitrogens with one attached hydrogen (secondary N) is 1. The predicted molar refractivity (Wildman–Crippen MR) is 70.8 cm³/mol. The first-order valence-electron chi connectivity index (χ1n) is 5.50. The molecule has 2 rings (SSSR count). The lowest BCUT2D eigenvalue weighted by Crippen LogP contribution is -2.11. The average molecular weight is 264 g/mol. The smallest absolute Gasteiger partial charge is 0.221 e. The van der Waals surface area contributed by atoms with Crippen LogP contribution < -0.4 is 5.32 Å². The van der Waals surface area contributed by atoms with Gasteiger partial charge in [0.15, 0.2) is 0 Å². The van der Waals surface area contributed by atoms with Crippen LogP contribution in [0.5, 0.6) is 0 Å². The van der Waals surface area contributed by atoms with Crippen molar-refractivity contribution in [2.24, 2.45) is 0 Å². The van der Waals surface area contributed by atoms with E-state index in [0.717, 1.165) is 40.6 Å². The van der Waals surface area contributed by atoms with Gasteiger partial charge in [-0.3, -0.25) is 4.79 Å². The Bertz CT molecular complexity index is 569. The Balaban J connectivity index is 2.63. The van der Waals surface area contributed by atoms with Crippen LogP contribution in [0.25, 0.3) is 0 Å². The minimum Gasteiger partial charge on any atom is -0.317 e. The maximum absolute atomic E-state index is 11.1. The van der Waals surface area contributed by atoms with Crippen LogP contribution in [0, 0.1) is 15.2 Å². The van der Waals surface area contributed by atoms with E-state index in [2.05, 4.69) is 11.4 Å². The van der Waals surface area contributed by atoms with E-state index in [0.29, 0.717) is 10.6 Å². The highest BCUT2D eigenvalue weighted by Gasteiger charge is 2.19. The molecule has 0 saturated carbocycles. The van der Waals surface area contributed by atoms with Crippen LogP contribution in [0.4, 0.5) is 5.00 Å². The number of hydrogen-bond acceptors (Lipinski definition) is 4. The summed E-state index contributed by atoms with van der Waals surface area (Å²) in [5, 5.41) is 12.6. The molecule has 3 nitrogen and oxygen atoms in total. The Morgan fingerprint density at radius 1 is 1.41 bits per heavy atom. The van der Waals surface area contributed by atoms with Crippen molar-refractivity contribution in [3.63, 3.8) is 0 Å². The van der Waals surface area contributed by atoms with E-state index >= 15 is 0 Å². The number of carbonyl (C=O) groups excluding carboxylic acids is 1. The molecule has 0 unspecified atom stereocenters. The van der Waals surface area contributed by atoms with Crippen molar-refractivity contribution in [1.82, 2.24) is 0 Å². The van der Waals surface area contributed by atoms with Crippen LogP contribution in [0.2, 0.25) is 0 Å². The number of carbonyl (C=O) groups is 1. The van der Waals surface area contributed by atoms with E-state index in [1.54, 1.807) is 0 Å². The molecule has 0 aromatic carbocycles. The van der Waals surface area contributed by atoms with Gasteiger partial charge in [-0.2, -0.15) is 5.26 Å². The van der Waals surface area contributed by atoms with Crippen molar-refractivity contribution in [3.8, 4) is 6.07 Å². The number of nitriles is 1. The number of anilines is 1. The molecule has 1 N–H and O–H groups in total. The van der Waals surface area contributed by atoms with Crippen molar-refractivity contribution in [2.45, 2.75) is 32.6 Å². The van der Waals surface area contributed by atoms with Crippen molar-refractivity contribution in [1.29, 1.82) is 5.26 Å². The highest BCUT2D eigenvalue weighted by atomic mass is 32.1. The molecule has 0 atom stereocenters. The van der Waals surface area contributed by atoms with Crippen LogP contribution in [-0.2, 0) is 17.6 Å². The normalized spacial score (nSPS) is 13.6. The molecule has 1 aromatic heterocycles. The quantitative estimate of drug-likeness (QED) is 0.793. The van der Waals surface area contributed by atoms with Gasteiger partial charge in [-0.15, -0.1) is 11.3 Å². The van der Waals surface area contributed by atoms with Crippen LogP contribution in [0.3, 0.4) is 0 Å². The Morgan fingerprint density at radius 2 is 2.06 bits per heavy atom. The summed E-state index contributed by atoms with van der Waals surface area (Å²) in [6.07, 6.45) is 4.07. The van der Waals surface area contributed by atoms with Gasteiger partial charge in [0.25, 0.3) is 0 Å². The zero-order valence-electron chi connectivity index (χ0n) is 9.50. The zero-order chi connectivity index (χ0) is 12.4. The van der Waals surface area contributed by atoms with Gasteiger partial charge in [-0.25, -0.2) is 0 Å². The molecular weight excluding hydrogens is 252 g/mol. The van der Waals surface area contributed by atoms with E-state index in [9.17, 15) is 10.1 Å². The summed E-state index contributed by atoms with van der Waals surface area (Å²) in [7, 11) is 0. The van der Waals surface area contributed by atoms with Crippen LogP contribution >= 0.6 is 23.6 Å². The van der Waals surface area contributed by atoms with Crippen molar-refractivity contribution in [3.05, 3.63) is 20.5 Å². The Hall–Kier alpha value is -1.25. The molecule has 0 spiro atoms. The number of nitrogens with zero attached hydrogens (tertiary/aromatic N) is 1. The average Bonchev–Trinajstić information content (AvgIpc) is 2.29. The second kappa shape index (κ2) is 4.94. The zero-order valence-corrected chi connectivity index (χ0v) is 11.1. The molecule has 0 saturated heterocycles. The monoisotopic (exact) mass is 264 g/mol. The van der Waals surface area contributed by atoms with Gasteiger partial charge >= 0.3 is 0 Å². The van der Waals surface area contributed by atoms with Crippen molar-refractivity contribution < 1.29 is 4.79 Å². The second-order valence-electron chi connectivity index (χ2n) is 4.05. The van der Waals surface area contributed by atoms with Crippen LogP contribution in [0.15, 0.2) is 0 Å². The first-order chi connectivity index (χ1) is 8.13. The molecule has 0 radical (unpaired) electrons. The minimum absolute atomic E-state index is 0.164. The first kappa shape index (κ1) is 12.2. The third kappa shape index (κ3) is 2.38. The summed E-state index contributed by atoms with van der Waals surface area (Å²) < 4.78 is 0.808. The van der Waals surface area contributed by atoms with Crippen LogP contribution in [0.1, 0.15) is 36.5 Å². The van der Waals surface area contributed by atoms with E-state index in [4.69, 9.17) is 12.2 Å². The summed E-state index contributed by atoms with van der Waals surface area (Å²) in [6, 6.07) is 2.21. The molecule has 0 bridgehead atoms. The van der Waals surface area contributed by atoms with E-state index in [1.165, 1.54) is 18.3 Å². The third-order valence-corrected chi connectivity index (χ3v) is 4.28. The minimum atomic E-state index is -0.164. The molecule has 1 aliphatic rings. The van der Waals surface area contributed by atoms with Gasteiger partial charge in [0.05, 0.1) is 9.39 Å². The fraction of sp³-hybridized carbons (Fsp3) is 0.417. The van der Waals surface area contributed by atoms with Gasteiger partial charge in [-0.1, -0.05) is 12.2 Å². The van der Waals surface area contributed by atoms with Gasteiger partial charge < -0.3 is 5.32 Å². The lowest BCUT2D eigenvalue weighted by atomic mass is 9.91. The predicted octanol–water partition coefficient (Wildman–Crippen LogP) is 3.19. The van der Waals surface area contributed by atoms with E-state index < -0.39 is 0 Å². The van der Waals surface area contributed by atoms with Gasteiger partial charge in [0.1, 0.15) is 11.1 Å². The van der Waals surface area contributed by atoms with Gasteiger partial charge in [-0.05, 0) is 36.8 Å². The lowest BCUT2D eigenvalue weighted by Gasteiger charge is -2.18. The standard InChI is InChI=1S/C12H12N2OS2/c1-7(15)14-11-10(6-13)8-4-2-3-5-9(8)12(16)17-11/h2-5H2,1H3,(H,14,15). The second-order valence-corrected chi connectivity index (χ2v) is 5.74. The topological polar surface area (TPSA) is 52.9 Å². The number of amides is 1. The fourth-order valence-corrected chi connectivity index (χ4v) is 3.59. The largest absolute Gasteiger partial charge is 0.317 e. The summed E-state index contributed by atoms with van der Waals surface area (Å²) in [5.41, 5.74) is 2.79. The highest BCUT2D eigenvalue weighted by Crippen LogP contribution is 2.34. The Kier molecular flexibility index (Phi) is 3.55. The molecule has 1 amide bonds.